The number of fused-ring (bicyclic) bond motifs is 3. The number of rotatable bonds is 7. The summed E-state index contributed by atoms with van der Waals surface area (Å²) in [5.74, 6) is 0.870. The number of anilines is 3. The van der Waals surface area contributed by atoms with E-state index < -0.39 is 5.97 Å². The molecule has 1 amide bonds. The zero-order chi connectivity index (χ0) is 25.2. The summed E-state index contributed by atoms with van der Waals surface area (Å²) in [4.78, 5) is 35.4. The zero-order valence-electron chi connectivity index (χ0n) is 20.1. The van der Waals surface area contributed by atoms with E-state index in [9.17, 15) is 14.7 Å². The van der Waals surface area contributed by atoms with Crippen LogP contribution < -0.4 is 15.0 Å². The molecule has 1 aliphatic rings. The van der Waals surface area contributed by atoms with E-state index in [0.29, 0.717) is 48.2 Å². The third-order valence-electron chi connectivity index (χ3n) is 6.34. The molecule has 3 heterocycles. The number of nitrogens with zero attached hydrogens (tertiary/aromatic N) is 3. The Morgan fingerprint density at radius 3 is 2.67 bits per heavy atom. The largest absolute Gasteiger partial charge is 0.493 e. The van der Waals surface area contributed by atoms with Gasteiger partial charge in [0.1, 0.15) is 11.6 Å². The molecule has 182 valence electrons. The summed E-state index contributed by atoms with van der Waals surface area (Å²) in [7, 11) is 0. The van der Waals surface area contributed by atoms with Gasteiger partial charge in [-0.05, 0) is 54.1 Å². The molecule has 0 spiro atoms. The van der Waals surface area contributed by atoms with Crippen LogP contribution in [0.25, 0.3) is 10.8 Å². The van der Waals surface area contributed by atoms with Crippen molar-refractivity contribution < 1.29 is 19.4 Å². The Kier molecular flexibility index (Phi) is 6.25. The number of aromatic nitrogens is 2. The summed E-state index contributed by atoms with van der Waals surface area (Å²) in [6.45, 7) is 4.94. The Morgan fingerprint density at radius 2 is 1.89 bits per heavy atom. The Labute approximate surface area is 208 Å². The molecule has 2 aromatic carbocycles. The van der Waals surface area contributed by atoms with Crippen LogP contribution in [0.4, 0.5) is 17.3 Å². The highest BCUT2D eigenvalue weighted by atomic mass is 16.5. The van der Waals surface area contributed by atoms with Crippen molar-refractivity contribution in [1.29, 1.82) is 0 Å². The second-order valence-corrected chi connectivity index (χ2v) is 8.68. The monoisotopic (exact) mass is 482 g/mol. The summed E-state index contributed by atoms with van der Waals surface area (Å²) in [6, 6.07) is 15.0. The molecule has 0 saturated carbocycles. The van der Waals surface area contributed by atoms with Gasteiger partial charge in [-0.1, -0.05) is 30.3 Å². The van der Waals surface area contributed by atoms with Crippen molar-refractivity contribution in [2.45, 2.75) is 26.7 Å². The molecule has 0 aliphatic carbocycles. The molecule has 0 saturated heterocycles. The summed E-state index contributed by atoms with van der Waals surface area (Å²) >= 11 is 0. The molecule has 36 heavy (non-hydrogen) atoms. The fraction of sp³-hybridized carbons (Fsp3) is 0.214. The van der Waals surface area contributed by atoms with E-state index in [-0.39, 0.29) is 12.3 Å². The van der Waals surface area contributed by atoms with Gasteiger partial charge in [0.05, 0.1) is 24.3 Å². The van der Waals surface area contributed by atoms with Gasteiger partial charge in [0.2, 0.25) is 0 Å². The minimum Gasteiger partial charge on any atom is -0.493 e. The van der Waals surface area contributed by atoms with E-state index in [1.54, 1.807) is 18.5 Å². The van der Waals surface area contributed by atoms with E-state index in [1.165, 1.54) is 0 Å². The van der Waals surface area contributed by atoms with Crippen LogP contribution in [0.5, 0.6) is 5.75 Å². The smallest absolute Gasteiger partial charge is 0.307 e. The number of nitrogens with one attached hydrogen (secondary N) is 1. The fourth-order valence-electron chi connectivity index (χ4n) is 4.56. The molecule has 8 nitrogen and oxygen atoms in total. The van der Waals surface area contributed by atoms with E-state index in [0.717, 1.165) is 27.5 Å². The minimum absolute atomic E-state index is 0.0443. The number of aliphatic carboxylic acids is 1. The lowest BCUT2D eigenvalue weighted by Gasteiger charge is -2.22. The maximum absolute atomic E-state index is 13.1. The van der Waals surface area contributed by atoms with Crippen LogP contribution in [0, 0.1) is 6.92 Å². The second-order valence-electron chi connectivity index (χ2n) is 8.68. The minimum atomic E-state index is -0.871. The van der Waals surface area contributed by atoms with Gasteiger partial charge in [0.15, 0.2) is 5.82 Å². The Morgan fingerprint density at radius 1 is 1.08 bits per heavy atom. The number of carbonyl (C=O) groups excluding carboxylic acids is 1. The van der Waals surface area contributed by atoms with Crippen molar-refractivity contribution in [2.75, 3.05) is 23.4 Å². The lowest BCUT2D eigenvalue weighted by molar-refractivity contribution is -0.136. The first kappa shape index (κ1) is 23.3. The molecule has 0 radical (unpaired) electrons. The number of ether oxygens (including phenoxy) is 1. The second kappa shape index (κ2) is 9.65. The third kappa shape index (κ3) is 4.33. The number of hydrogen-bond donors (Lipinski definition) is 2. The van der Waals surface area contributed by atoms with Crippen LogP contribution in [0.3, 0.4) is 0 Å². The van der Waals surface area contributed by atoms with Crippen molar-refractivity contribution in [3.63, 3.8) is 0 Å². The van der Waals surface area contributed by atoms with Crippen molar-refractivity contribution >= 4 is 40.0 Å². The molecule has 0 bridgehead atoms. The topological polar surface area (TPSA) is 105 Å². The lowest BCUT2D eigenvalue weighted by Crippen LogP contribution is -2.20. The molecule has 2 N–H and O–H groups in total. The quantitative estimate of drug-likeness (QED) is 0.386. The highest BCUT2D eigenvalue weighted by Gasteiger charge is 2.27. The first-order valence-corrected chi connectivity index (χ1v) is 11.8. The first-order valence-electron chi connectivity index (χ1n) is 11.8. The van der Waals surface area contributed by atoms with Gasteiger partial charge in [-0.3, -0.25) is 9.59 Å². The Balaban J connectivity index is 1.37. The Hall–Kier alpha value is -4.46. The molecule has 0 fully saturated rings. The van der Waals surface area contributed by atoms with Crippen LogP contribution in [-0.2, 0) is 17.6 Å². The molecule has 0 unspecified atom stereocenters. The molecule has 1 aliphatic heterocycles. The van der Waals surface area contributed by atoms with Gasteiger partial charge in [-0.15, -0.1) is 0 Å². The summed E-state index contributed by atoms with van der Waals surface area (Å²) < 4.78 is 6.09. The van der Waals surface area contributed by atoms with Crippen molar-refractivity contribution in [1.82, 2.24) is 9.97 Å². The number of pyridine rings is 2. The standard InChI is InChI=1S/C28H26N4O4/c1-3-32-26-22(28(35)31-25-17(2)10-12-29-27(25)32)14-18(16-30-26)11-13-36-23-9-8-19(15-24(33)34)20-6-4-5-7-21(20)23/h4-10,12,14,16H,3,11,13,15H2,1-2H3,(H,31,35)(H,33,34). The van der Waals surface area contributed by atoms with Gasteiger partial charge in [-0.2, -0.15) is 0 Å². The molecule has 5 rings (SSSR count). The van der Waals surface area contributed by atoms with Crippen molar-refractivity contribution in [2.24, 2.45) is 0 Å². The predicted molar refractivity (Wildman–Crippen MR) is 138 cm³/mol. The van der Waals surface area contributed by atoms with E-state index in [2.05, 4.69) is 15.3 Å². The molecular formula is C28H26N4O4. The fourth-order valence-corrected chi connectivity index (χ4v) is 4.56. The van der Waals surface area contributed by atoms with Gasteiger partial charge >= 0.3 is 5.97 Å². The molecule has 0 atom stereocenters. The van der Waals surface area contributed by atoms with Crippen molar-refractivity contribution in [3.8, 4) is 5.75 Å². The normalized spacial score (nSPS) is 12.5. The molecule has 4 aromatic rings. The number of amides is 1. The SMILES string of the molecule is CCN1c2ncc(CCOc3ccc(CC(=O)O)c4ccccc34)cc2C(=O)Nc2c(C)ccnc21. The number of benzene rings is 2. The van der Waals surface area contributed by atoms with E-state index in [4.69, 9.17) is 4.74 Å². The third-order valence-corrected chi connectivity index (χ3v) is 6.34. The predicted octanol–water partition coefficient (Wildman–Crippen LogP) is 4.91. The van der Waals surface area contributed by atoms with Crippen LogP contribution in [0.2, 0.25) is 0 Å². The van der Waals surface area contributed by atoms with Gasteiger partial charge in [-0.25, -0.2) is 9.97 Å². The van der Waals surface area contributed by atoms with E-state index >= 15 is 0 Å². The first-order chi connectivity index (χ1) is 17.5. The lowest BCUT2D eigenvalue weighted by atomic mass is 10.0. The van der Waals surface area contributed by atoms with Crippen LogP contribution >= 0.6 is 0 Å². The van der Waals surface area contributed by atoms with Gasteiger partial charge in [0.25, 0.3) is 5.91 Å². The maximum Gasteiger partial charge on any atom is 0.307 e. The number of carboxylic acids is 1. The summed E-state index contributed by atoms with van der Waals surface area (Å²) in [5.41, 5.74) is 3.76. The van der Waals surface area contributed by atoms with Crippen molar-refractivity contribution in [3.05, 3.63) is 83.2 Å². The number of aryl methyl sites for hydroxylation is 1. The summed E-state index contributed by atoms with van der Waals surface area (Å²) in [5, 5.41) is 13.9. The summed E-state index contributed by atoms with van der Waals surface area (Å²) in [6.07, 6.45) is 4.01. The number of hydrogen-bond acceptors (Lipinski definition) is 6. The van der Waals surface area contributed by atoms with Crippen LogP contribution in [0.1, 0.15) is 34.0 Å². The highest BCUT2D eigenvalue weighted by molar-refractivity contribution is 6.11. The molecule has 2 aromatic heterocycles. The highest BCUT2D eigenvalue weighted by Crippen LogP contribution is 2.37. The average Bonchev–Trinajstić information content (AvgIpc) is 2.99. The molecule has 8 heteroatoms. The maximum atomic E-state index is 13.1. The van der Waals surface area contributed by atoms with Crippen LogP contribution in [-0.4, -0.2) is 40.1 Å². The van der Waals surface area contributed by atoms with E-state index in [1.807, 2.05) is 61.2 Å². The Bertz CT molecular complexity index is 1480. The van der Waals surface area contributed by atoms with Gasteiger partial charge < -0.3 is 20.1 Å². The average molecular weight is 483 g/mol. The van der Waals surface area contributed by atoms with Crippen LogP contribution in [0.15, 0.2) is 60.9 Å². The van der Waals surface area contributed by atoms with Gasteiger partial charge in [0, 0.05) is 30.7 Å². The zero-order valence-corrected chi connectivity index (χ0v) is 20.1. The number of carboxylic acid groups (broad SMARTS) is 1. The number of carbonyl (C=O) groups is 2. The molecular weight excluding hydrogens is 456 g/mol.